The van der Waals surface area contributed by atoms with E-state index in [9.17, 15) is 26.9 Å². The molecule has 1 aliphatic carbocycles. The highest BCUT2D eigenvalue weighted by molar-refractivity contribution is 7.89. The largest absolute Gasteiger partial charge is 0.416 e. The van der Waals surface area contributed by atoms with Crippen LogP contribution in [0.1, 0.15) is 37.3 Å². The van der Waals surface area contributed by atoms with Gasteiger partial charge in [0.15, 0.2) is 0 Å². The van der Waals surface area contributed by atoms with Crippen molar-refractivity contribution in [3.05, 3.63) is 53.9 Å². The molecule has 3 N–H and O–H groups in total. The molecule has 2 aromatic heterocycles. The summed E-state index contributed by atoms with van der Waals surface area (Å²) in [4.78, 5) is 6.80. The predicted octanol–water partition coefficient (Wildman–Crippen LogP) is 4.40. The summed E-state index contributed by atoms with van der Waals surface area (Å²) in [7, 11) is -4.14. The Morgan fingerprint density at radius 1 is 1.27 bits per heavy atom. The van der Waals surface area contributed by atoms with E-state index in [0.717, 1.165) is 30.0 Å². The van der Waals surface area contributed by atoms with Crippen LogP contribution in [0.25, 0.3) is 11.0 Å². The number of nitriles is 1. The van der Waals surface area contributed by atoms with Crippen LogP contribution in [0, 0.1) is 17.2 Å². The summed E-state index contributed by atoms with van der Waals surface area (Å²) < 4.78 is 67.2. The molecule has 1 unspecified atom stereocenters. The van der Waals surface area contributed by atoms with Gasteiger partial charge in [-0.3, -0.25) is 0 Å². The van der Waals surface area contributed by atoms with Crippen molar-refractivity contribution in [2.75, 3.05) is 5.32 Å². The Balaban J connectivity index is 1.55. The molecule has 0 saturated heterocycles. The van der Waals surface area contributed by atoms with E-state index in [1.54, 1.807) is 6.20 Å². The highest BCUT2D eigenvalue weighted by Crippen LogP contribution is 2.35. The van der Waals surface area contributed by atoms with Crippen LogP contribution in [-0.4, -0.2) is 30.5 Å². The molecule has 0 spiro atoms. The molecule has 1 fully saturated rings. The van der Waals surface area contributed by atoms with Crippen molar-refractivity contribution in [1.29, 1.82) is 5.26 Å². The Kier molecular flexibility index (Phi) is 6.07. The maximum atomic E-state index is 13.0. The van der Waals surface area contributed by atoms with E-state index in [1.807, 2.05) is 13.0 Å². The third kappa shape index (κ3) is 4.67. The van der Waals surface area contributed by atoms with Gasteiger partial charge < -0.3 is 10.3 Å². The molecular weight excluding hydrogens is 455 g/mol. The van der Waals surface area contributed by atoms with Crippen LogP contribution < -0.4 is 10.0 Å². The molecule has 7 nitrogen and oxygen atoms in total. The van der Waals surface area contributed by atoms with Crippen LogP contribution in [0.15, 0.2) is 47.6 Å². The van der Waals surface area contributed by atoms with E-state index in [2.05, 4.69) is 26.1 Å². The van der Waals surface area contributed by atoms with Crippen LogP contribution in [0.2, 0.25) is 0 Å². The summed E-state index contributed by atoms with van der Waals surface area (Å²) in [5, 5.41) is 13.7. The maximum Gasteiger partial charge on any atom is 0.416 e. The number of H-pyrrole nitrogens is 1. The lowest BCUT2D eigenvalue weighted by Crippen LogP contribution is -2.34. The number of aromatic amines is 1. The zero-order valence-corrected chi connectivity index (χ0v) is 18.5. The van der Waals surface area contributed by atoms with Gasteiger partial charge in [0.05, 0.1) is 21.7 Å². The van der Waals surface area contributed by atoms with E-state index in [0.29, 0.717) is 35.8 Å². The minimum Gasteiger partial charge on any atom is -0.380 e. The normalized spacial score (nSPS) is 21.2. The summed E-state index contributed by atoms with van der Waals surface area (Å²) in [6.45, 7) is 1.99. The van der Waals surface area contributed by atoms with Crippen molar-refractivity contribution in [1.82, 2.24) is 14.7 Å². The molecule has 11 heteroatoms. The topological polar surface area (TPSA) is 111 Å². The number of hydrogen-bond donors (Lipinski definition) is 3. The van der Waals surface area contributed by atoms with Crippen molar-refractivity contribution < 1.29 is 21.6 Å². The summed E-state index contributed by atoms with van der Waals surface area (Å²) in [5.41, 5.74) is 0.628. The maximum absolute atomic E-state index is 13.0. The zero-order valence-electron chi connectivity index (χ0n) is 17.6. The minimum atomic E-state index is -4.63. The molecule has 0 radical (unpaired) electrons. The lowest BCUT2D eigenvalue weighted by atomic mass is 10.00. The van der Waals surface area contributed by atoms with E-state index < -0.39 is 32.7 Å². The molecule has 0 amide bonds. The monoisotopic (exact) mass is 477 g/mol. The van der Waals surface area contributed by atoms with E-state index in [-0.39, 0.29) is 12.0 Å². The molecule has 0 bridgehead atoms. The van der Waals surface area contributed by atoms with Gasteiger partial charge in [0, 0.05) is 29.9 Å². The van der Waals surface area contributed by atoms with Crippen molar-refractivity contribution >= 4 is 26.7 Å². The first-order chi connectivity index (χ1) is 15.6. The number of nitrogens with one attached hydrogen (secondary N) is 3. The third-order valence-corrected chi connectivity index (χ3v) is 7.57. The Hall–Kier alpha value is -3.10. The Morgan fingerprint density at radius 2 is 2.06 bits per heavy atom. The second-order valence-corrected chi connectivity index (χ2v) is 9.85. The van der Waals surface area contributed by atoms with Gasteiger partial charge in [0.2, 0.25) is 10.0 Å². The first-order valence-corrected chi connectivity index (χ1v) is 11.9. The van der Waals surface area contributed by atoms with E-state index in [1.165, 1.54) is 6.20 Å². The van der Waals surface area contributed by atoms with Crippen molar-refractivity contribution in [2.24, 2.45) is 5.92 Å². The molecule has 1 saturated carbocycles. The average Bonchev–Trinajstić information content (AvgIpc) is 3.40. The van der Waals surface area contributed by atoms with Crippen LogP contribution in [0.4, 0.5) is 18.9 Å². The van der Waals surface area contributed by atoms with Gasteiger partial charge in [-0.15, -0.1) is 0 Å². The Labute approximate surface area is 189 Å². The smallest absolute Gasteiger partial charge is 0.380 e. The SMILES string of the molecule is CC[C@@H]1CC(NS(=O)(=O)c2cccc(C(F)(F)F)c2)C[C@@H]1Nc1c(C#N)cnc2[nH]ccc12. The number of hydrogen-bond acceptors (Lipinski definition) is 5. The highest BCUT2D eigenvalue weighted by atomic mass is 32.2. The van der Waals surface area contributed by atoms with Crippen LogP contribution >= 0.6 is 0 Å². The number of aromatic nitrogens is 2. The van der Waals surface area contributed by atoms with Gasteiger partial charge in [-0.05, 0) is 43.0 Å². The second kappa shape index (κ2) is 8.68. The number of fused-ring (bicyclic) bond motifs is 1. The fourth-order valence-corrected chi connectivity index (χ4v) is 5.72. The van der Waals surface area contributed by atoms with Crippen molar-refractivity contribution in [2.45, 2.75) is 49.3 Å². The van der Waals surface area contributed by atoms with E-state index >= 15 is 0 Å². The minimum absolute atomic E-state index is 0.105. The number of nitrogens with zero attached hydrogens (tertiary/aromatic N) is 2. The molecule has 3 aromatic rings. The first kappa shape index (κ1) is 23.1. The lowest BCUT2D eigenvalue weighted by Gasteiger charge is -2.21. The van der Waals surface area contributed by atoms with E-state index in [4.69, 9.17) is 0 Å². The number of alkyl halides is 3. The number of pyridine rings is 1. The van der Waals surface area contributed by atoms with Gasteiger partial charge in [-0.2, -0.15) is 18.4 Å². The van der Waals surface area contributed by atoms with Crippen LogP contribution in [-0.2, 0) is 16.2 Å². The molecule has 0 aliphatic heterocycles. The number of anilines is 1. The molecule has 174 valence electrons. The van der Waals surface area contributed by atoms with Gasteiger partial charge in [-0.25, -0.2) is 18.1 Å². The molecule has 4 rings (SSSR count). The summed E-state index contributed by atoms with van der Waals surface area (Å²) in [5.74, 6) is 0.105. The number of rotatable bonds is 6. The molecule has 33 heavy (non-hydrogen) atoms. The third-order valence-electron chi connectivity index (χ3n) is 6.05. The summed E-state index contributed by atoms with van der Waals surface area (Å²) in [6, 6.07) is 7.07. The van der Waals surface area contributed by atoms with Gasteiger partial charge in [0.25, 0.3) is 0 Å². The highest BCUT2D eigenvalue weighted by Gasteiger charge is 2.37. The number of benzene rings is 1. The second-order valence-electron chi connectivity index (χ2n) is 8.13. The van der Waals surface area contributed by atoms with Crippen molar-refractivity contribution in [3.63, 3.8) is 0 Å². The Morgan fingerprint density at radius 3 is 2.76 bits per heavy atom. The number of sulfonamides is 1. The van der Waals surface area contributed by atoms with Gasteiger partial charge in [0.1, 0.15) is 11.7 Å². The molecule has 1 aliphatic rings. The molecular formula is C22H22F3N5O2S. The quantitative estimate of drug-likeness (QED) is 0.487. The molecule has 2 heterocycles. The van der Waals surface area contributed by atoms with Gasteiger partial charge >= 0.3 is 6.18 Å². The lowest BCUT2D eigenvalue weighted by molar-refractivity contribution is -0.137. The molecule has 3 atom stereocenters. The fraction of sp³-hybridized carbons (Fsp3) is 0.364. The zero-order chi connectivity index (χ0) is 23.8. The average molecular weight is 478 g/mol. The number of halogens is 3. The standard InChI is InChI=1S/C22H22F3N5O2S/c1-2-13-8-16(30-33(31,32)17-5-3-4-15(9-17)22(23,24)25)10-19(13)29-20-14(11-26)12-28-21-18(20)6-7-27-21/h3-7,9,12-13,16,19,30H,2,8,10H2,1H3,(H2,27,28,29)/t13-,16?,19+/m1/s1. The fourth-order valence-electron chi connectivity index (χ4n) is 4.41. The first-order valence-electron chi connectivity index (χ1n) is 10.4. The summed E-state index contributed by atoms with van der Waals surface area (Å²) >= 11 is 0. The van der Waals surface area contributed by atoms with Gasteiger partial charge in [-0.1, -0.05) is 19.4 Å². The Bertz CT molecular complexity index is 1310. The molecule has 1 aromatic carbocycles. The summed E-state index contributed by atoms with van der Waals surface area (Å²) in [6.07, 6.45) is 0.286. The van der Waals surface area contributed by atoms with Crippen LogP contribution in [0.5, 0.6) is 0 Å². The van der Waals surface area contributed by atoms with Crippen LogP contribution in [0.3, 0.4) is 0 Å². The van der Waals surface area contributed by atoms with Crippen molar-refractivity contribution in [3.8, 4) is 6.07 Å². The predicted molar refractivity (Wildman–Crippen MR) is 117 cm³/mol.